The van der Waals surface area contributed by atoms with E-state index in [2.05, 4.69) is 10.1 Å². The molecule has 0 saturated heterocycles. The van der Waals surface area contributed by atoms with Gasteiger partial charge >= 0.3 is 5.97 Å². The summed E-state index contributed by atoms with van der Waals surface area (Å²) < 4.78 is 3.45. The number of aromatic nitrogens is 4. The van der Waals surface area contributed by atoms with Crippen LogP contribution in [0.15, 0.2) is 30.7 Å². The van der Waals surface area contributed by atoms with Gasteiger partial charge in [0.2, 0.25) is 0 Å². The van der Waals surface area contributed by atoms with Crippen LogP contribution in [0.2, 0.25) is 0 Å². The average molecular weight is 256 g/mol. The van der Waals surface area contributed by atoms with E-state index in [9.17, 15) is 4.79 Å². The van der Waals surface area contributed by atoms with E-state index in [1.165, 1.54) is 0 Å². The number of fused-ring (bicyclic) bond motifs is 1. The van der Waals surface area contributed by atoms with Gasteiger partial charge in [0, 0.05) is 31.2 Å². The number of imidazole rings is 1. The number of pyridine rings is 1. The lowest BCUT2D eigenvalue weighted by atomic mass is 10.2. The van der Waals surface area contributed by atoms with E-state index in [0.717, 1.165) is 17.0 Å². The maximum absolute atomic E-state index is 10.9. The summed E-state index contributed by atoms with van der Waals surface area (Å²) in [6.07, 6.45) is 5.26. The molecule has 0 unspecified atom stereocenters. The normalized spacial score (nSPS) is 11.1. The molecule has 0 fully saturated rings. The molecule has 0 atom stereocenters. The summed E-state index contributed by atoms with van der Waals surface area (Å²) in [7, 11) is 1.86. The predicted molar refractivity (Wildman–Crippen MR) is 69.1 cm³/mol. The molecular weight excluding hydrogens is 244 g/mol. The Labute approximate surface area is 108 Å². The van der Waals surface area contributed by atoms with Crippen LogP contribution in [0.3, 0.4) is 0 Å². The molecule has 0 aliphatic rings. The molecule has 0 spiro atoms. The Bertz CT molecular complexity index is 785. The van der Waals surface area contributed by atoms with E-state index in [-0.39, 0.29) is 5.56 Å². The van der Waals surface area contributed by atoms with E-state index >= 15 is 0 Å². The first kappa shape index (κ1) is 11.5. The second kappa shape index (κ2) is 3.94. The number of nitrogens with zero attached hydrogens (tertiary/aromatic N) is 4. The zero-order valence-electron chi connectivity index (χ0n) is 10.5. The second-order valence-electron chi connectivity index (χ2n) is 4.42. The molecule has 0 aromatic carbocycles. The van der Waals surface area contributed by atoms with Crippen LogP contribution in [0.4, 0.5) is 0 Å². The molecule has 19 heavy (non-hydrogen) atoms. The van der Waals surface area contributed by atoms with Crippen molar-refractivity contribution < 1.29 is 9.90 Å². The standard InChI is InChI=1S/C13H12N4O2/c1-8-10(6-16(2)15-8)11-7-17-5-9(13(18)19)3-4-12(17)14-11/h3-7H,1-2H3,(H,18,19). The topological polar surface area (TPSA) is 72.4 Å². The van der Waals surface area contributed by atoms with Gasteiger partial charge in [-0.2, -0.15) is 5.10 Å². The third-order valence-electron chi connectivity index (χ3n) is 2.99. The van der Waals surface area contributed by atoms with Gasteiger partial charge in [-0.1, -0.05) is 0 Å². The Morgan fingerprint density at radius 1 is 1.26 bits per heavy atom. The minimum absolute atomic E-state index is 0.236. The largest absolute Gasteiger partial charge is 0.478 e. The molecule has 1 N–H and O–H groups in total. The third kappa shape index (κ3) is 1.87. The number of aromatic carboxylic acids is 1. The highest BCUT2D eigenvalue weighted by molar-refractivity contribution is 5.87. The highest BCUT2D eigenvalue weighted by atomic mass is 16.4. The van der Waals surface area contributed by atoms with Gasteiger partial charge in [0.25, 0.3) is 0 Å². The molecule has 6 nitrogen and oxygen atoms in total. The van der Waals surface area contributed by atoms with Crippen LogP contribution in [0.1, 0.15) is 16.1 Å². The maximum atomic E-state index is 10.9. The van der Waals surface area contributed by atoms with Crippen LogP contribution in [0, 0.1) is 6.92 Å². The molecule has 6 heteroatoms. The van der Waals surface area contributed by atoms with Gasteiger partial charge < -0.3 is 9.51 Å². The molecule has 3 aromatic rings. The van der Waals surface area contributed by atoms with Crippen LogP contribution in [0.5, 0.6) is 0 Å². The third-order valence-corrected chi connectivity index (χ3v) is 2.99. The fraction of sp³-hybridized carbons (Fsp3) is 0.154. The summed E-state index contributed by atoms with van der Waals surface area (Å²) in [5.41, 5.74) is 3.57. The Balaban J connectivity index is 2.16. The number of carbonyl (C=O) groups is 1. The molecule has 0 radical (unpaired) electrons. The number of carboxylic acids is 1. The lowest BCUT2D eigenvalue weighted by Gasteiger charge is -1.95. The van der Waals surface area contributed by atoms with Gasteiger partial charge in [0.05, 0.1) is 17.0 Å². The van der Waals surface area contributed by atoms with Crippen molar-refractivity contribution in [2.45, 2.75) is 6.92 Å². The van der Waals surface area contributed by atoms with Crippen molar-refractivity contribution in [1.29, 1.82) is 0 Å². The molecule has 0 bridgehead atoms. The van der Waals surface area contributed by atoms with E-state index in [1.807, 2.05) is 26.4 Å². The minimum Gasteiger partial charge on any atom is -0.478 e. The monoisotopic (exact) mass is 256 g/mol. The van der Waals surface area contributed by atoms with Crippen molar-refractivity contribution in [3.8, 4) is 11.3 Å². The number of hydrogen-bond donors (Lipinski definition) is 1. The molecule has 3 heterocycles. The molecular formula is C13H12N4O2. The summed E-state index contributed by atoms with van der Waals surface area (Å²) in [6, 6.07) is 3.24. The minimum atomic E-state index is -0.949. The summed E-state index contributed by atoms with van der Waals surface area (Å²) in [4.78, 5) is 15.4. The number of hydrogen-bond acceptors (Lipinski definition) is 3. The highest BCUT2D eigenvalue weighted by Gasteiger charge is 2.11. The van der Waals surface area contributed by atoms with Crippen molar-refractivity contribution in [1.82, 2.24) is 19.2 Å². The first-order valence-electron chi connectivity index (χ1n) is 5.77. The lowest BCUT2D eigenvalue weighted by molar-refractivity contribution is 0.0696. The SMILES string of the molecule is Cc1nn(C)cc1-c1cn2cc(C(=O)O)ccc2n1. The fourth-order valence-electron chi connectivity index (χ4n) is 2.10. The zero-order chi connectivity index (χ0) is 13.6. The fourth-order valence-corrected chi connectivity index (χ4v) is 2.10. The Morgan fingerprint density at radius 2 is 2.05 bits per heavy atom. The first-order valence-corrected chi connectivity index (χ1v) is 5.77. The van der Waals surface area contributed by atoms with Crippen molar-refractivity contribution in [2.24, 2.45) is 7.05 Å². The van der Waals surface area contributed by atoms with E-state index in [0.29, 0.717) is 5.65 Å². The van der Waals surface area contributed by atoms with Crippen molar-refractivity contribution >= 4 is 11.6 Å². The summed E-state index contributed by atoms with van der Waals surface area (Å²) in [5, 5.41) is 13.2. The van der Waals surface area contributed by atoms with Crippen LogP contribution < -0.4 is 0 Å². The molecule has 0 saturated carbocycles. The highest BCUT2D eigenvalue weighted by Crippen LogP contribution is 2.22. The molecule has 3 aromatic heterocycles. The molecule has 0 aliphatic heterocycles. The Kier molecular flexibility index (Phi) is 2.38. The second-order valence-corrected chi connectivity index (χ2v) is 4.42. The van der Waals surface area contributed by atoms with E-state index < -0.39 is 5.97 Å². The maximum Gasteiger partial charge on any atom is 0.337 e. The Hall–Kier alpha value is -2.63. The average Bonchev–Trinajstić information content (AvgIpc) is 2.90. The van der Waals surface area contributed by atoms with Gasteiger partial charge in [-0.25, -0.2) is 9.78 Å². The quantitative estimate of drug-likeness (QED) is 0.758. The Morgan fingerprint density at radius 3 is 2.68 bits per heavy atom. The molecule has 0 amide bonds. The van der Waals surface area contributed by atoms with Gasteiger partial charge in [-0.15, -0.1) is 0 Å². The lowest BCUT2D eigenvalue weighted by Crippen LogP contribution is -1.97. The zero-order valence-corrected chi connectivity index (χ0v) is 10.5. The smallest absolute Gasteiger partial charge is 0.337 e. The molecule has 3 rings (SSSR count). The number of carboxylic acid groups (broad SMARTS) is 1. The van der Waals surface area contributed by atoms with Crippen molar-refractivity contribution in [3.05, 3.63) is 42.0 Å². The van der Waals surface area contributed by atoms with Crippen molar-refractivity contribution in [2.75, 3.05) is 0 Å². The van der Waals surface area contributed by atoms with Gasteiger partial charge in [0.15, 0.2) is 0 Å². The molecule has 0 aliphatic carbocycles. The van der Waals surface area contributed by atoms with Gasteiger partial charge in [0.1, 0.15) is 5.65 Å². The van der Waals surface area contributed by atoms with Crippen LogP contribution in [0.25, 0.3) is 16.9 Å². The number of rotatable bonds is 2. The van der Waals surface area contributed by atoms with Crippen LogP contribution in [-0.2, 0) is 7.05 Å². The van der Waals surface area contributed by atoms with E-state index in [4.69, 9.17) is 5.11 Å². The summed E-state index contributed by atoms with van der Waals surface area (Å²) >= 11 is 0. The number of aryl methyl sites for hydroxylation is 2. The van der Waals surface area contributed by atoms with Crippen molar-refractivity contribution in [3.63, 3.8) is 0 Å². The van der Waals surface area contributed by atoms with E-state index in [1.54, 1.807) is 27.4 Å². The van der Waals surface area contributed by atoms with Gasteiger partial charge in [-0.05, 0) is 19.1 Å². The molecule has 96 valence electrons. The predicted octanol–water partition coefficient (Wildman–Crippen LogP) is 1.74. The van der Waals surface area contributed by atoms with Crippen LogP contribution in [-0.4, -0.2) is 30.2 Å². The summed E-state index contributed by atoms with van der Waals surface area (Å²) in [5.74, 6) is -0.949. The van der Waals surface area contributed by atoms with Gasteiger partial charge in [-0.3, -0.25) is 4.68 Å². The summed E-state index contributed by atoms with van der Waals surface area (Å²) in [6.45, 7) is 1.92. The first-order chi connectivity index (χ1) is 9.04. The van der Waals surface area contributed by atoms with Crippen LogP contribution >= 0.6 is 0 Å².